The van der Waals surface area contributed by atoms with E-state index in [1.165, 1.54) is 5.69 Å². The van der Waals surface area contributed by atoms with E-state index in [-0.39, 0.29) is 0 Å². The van der Waals surface area contributed by atoms with E-state index < -0.39 is 0 Å². The zero-order chi connectivity index (χ0) is 17.2. The lowest BCUT2D eigenvalue weighted by atomic mass is 10.1. The van der Waals surface area contributed by atoms with Crippen LogP contribution in [0.1, 0.15) is 0 Å². The third-order valence-electron chi connectivity index (χ3n) is 4.63. The van der Waals surface area contributed by atoms with Crippen LogP contribution in [0.4, 0.5) is 11.4 Å². The van der Waals surface area contributed by atoms with Gasteiger partial charge < -0.3 is 14.5 Å². The highest BCUT2D eigenvalue weighted by Gasteiger charge is 2.20. The molecule has 0 spiro atoms. The lowest BCUT2D eigenvalue weighted by Gasteiger charge is -2.37. The molecule has 0 atom stereocenters. The summed E-state index contributed by atoms with van der Waals surface area (Å²) in [5.74, 6) is 0.754. The molecule has 1 aliphatic rings. The number of hydrogen-bond acceptors (Lipinski definition) is 5. The molecule has 0 bridgehead atoms. The van der Waals surface area contributed by atoms with Gasteiger partial charge in [0.1, 0.15) is 11.3 Å². The van der Waals surface area contributed by atoms with Crippen LogP contribution in [0.5, 0.6) is 5.75 Å². The molecule has 0 N–H and O–H groups in total. The second-order valence-electron chi connectivity index (χ2n) is 6.04. The highest BCUT2D eigenvalue weighted by atomic mass is 35.5. The molecule has 1 aromatic heterocycles. The summed E-state index contributed by atoms with van der Waals surface area (Å²) >= 11 is 6.12. The van der Waals surface area contributed by atoms with Crippen molar-refractivity contribution in [3.63, 3.8) is 0 Å². The van der Waals surface area contributed by atoms with Gasteiger partial charge in [-0.25, -0.2) is 0 Å². The number of aromatic nitrogens is 2. The third-order valence-corrected chi connectivity index (χ3v) is 4.86. The number of halogens is 1. The number of rotatable bonds is 3. The van der Waals surface area contributed by atoms with E-state index in [1.54, 1.807) is 7.11 Å². The van der Waals surface area contributed by atoms with Crippen LogP contribution in [0, 0.1) is 0 Å². The van der Waals surface area contributed by atoms with Gasteiger partial charge in [0.25, 0.3) is 0 Å². The van der Waals surface area contributed by atoms with Gasteiger partial charge in [-0.05, 0) is 24.3 Å². The molecule has 2 aromatic carbocycles. The highest BCUT2D eigenvalue weighted by Crippen LogP contribution is 2.31. The number of methoxy groups -OCH3 is 1. The van der Waals surface area contributed by atoms with Gasteiger partial charge in [-0.15, -0.1) is 5.10 Å². The van der Waals surface area contributed by atoms with Crippen molar-refractivity contribution in [3.8, 4) is 5.75 Å². The van der Waals surface area contributed by atoms with Gasteiger partial charge in [0.15, 0.2) is 0 Å². The van der Waals surface area contributed by atoms with Crippen molar-refractivity contribution < 1.29 is 4.74 Å². The quantitative estimate of drug-likeness (QED) is 0.718. The van der Waals surface area contributed by atoms with Crippen molar-refractivity contribution in [1.29, 1.82) is 0 Å². The Balaban J connectivity index is 1.58. The fraction of sp³-hybridized carbons (Fsp3) is 0.263. The Morgan fingerprint density at radius 3 is 2.52 bits per heavy atom. The van der Waals surface area contributed by atoms with Gasteiger partial charge in [0, 0.05) is 42.3 Å². The van der Waals surface area contributed by atoms with Gasteiger partial charge in [-0.3, -0.25) is 0 Å². The molecule has 5 nitrogen and oxygen atoms in total. The molecule has 6 heteroatoms. The molecule has 0 unspecified atom stereocenters. The van der Waals surface area contributed by atoms with E-state index in [0.717, 1.165) is 53.5 Å². The molecule has 0 aliphatic carbocycles. The average Bonchev–Trinajstić information content (AvgIpc) is 2.67. The van der Waals surface area contributed by atoms with E-state index in [0.29, 0.717) is 0 Å². The van der Waals surface area contributed by atoms with E-state index in [1.807, 2.05) is 36.5 Å². The minimum Gasteiger partial charge on any atom is -0.494 e. The summed E-state index contributed by atoms with van der Waals surface area (Å²) in [7, 11) is 1.66. The Morgan fingerprint density at radius 1 is 1.00 bits per heavy atom. The third kappa shape index (κ3) is 3.07. The lowest BCUT2D eigenvalue weighted by molar-refractivity contribution is 0.418. The molecule has 4 rings (SSSR count). The number of piperazine rings is 1. The predicted molar refractivity (Wildman–Crippen MR) is 102 cm³/mol. The summed E-state index contributed by atoms with van der Waals surface area (Å²) in [6, 6.07) is 14.0. The van der Waals surface area contributed by atoms with Crippen LogP contribution >= 0.6 is 11.6 Å². The topological polar surface area (TPSA) is 41.5 Å². The fourth-order valence-electron chi connectivity index (χ4n) is 3.34. The molecule has 1 saturated heterocycles. The standard InChI is InChI=1S/C19H19ClN4O/c1-25-18-7-3-6-16-17(13-21-22-19(16)18)24-10-8-23(9-11-24)15-5-2-4-14(20)12-15/h2-7,12-13H,8-11H2,1H3. The monoisotopic (exact) mass is 354 g/mol. The summed E-state index contributed by atoms with van der Waals surface area (Å²) in [5.41, 5.74) is 3.08. The summed E-state index contributed by atoms with van der Waals surface area (Å²) < 4.78 is 5.41. The number of benzene rings is 2. The van der Waals surface area contributed by atoms with Crippen molar-refractivity contribution in [2.24, 2.45) is 0 Å². The lowest BCUT2D eigenvalue weighted by Crippen LogP contribution is -2.46. The number of ether oxygens (including phenoxy) is 1. The maximum Gasteiger partial charge on any atom is 0.147 e. The van der Waals surface area contributed by atoms with E-state index in [9.17, 15) is 0 Å². The molecular weight excluding hydrogens is 336 g/mol. The number of anilines is 2. The smallest absolute Gasteiger partial charge is 0.147 e. The van der Waals surface area contributed by atoms with Crippen LogP contribution in [-0.2, 0) is 0 Å². The highest BCUT2D eigenvalue weighted by molar-refractivity contribution is 6.30. The minimum absolute atomic E-state index is 0.754. The van der Waals surface area contributed by atoms with Crippen molar-refractivity contribution in [2.75, 3.05) is 43.1 Å². The maximum absolute atomic E-state index is 6.12. The maximum atomic E-state index is 6.12. The molecule has 1 fully saturated rings. The van der Waals surface area contributed by atoms with Crippen LogP contribution < -0.4 is 14.5 Å². The molecule has 25 heavy (non-hydrogen) atoms. The van der Waals surface area contributed by atoms with Crippen LogP contribution in [0.3, 0.4) is 0 Å². The Kier molecular flexibility index (Phi) is 4.32. The fourth-order valence-corrected chi connectivity index (χ4v) is 3.52. The van der Waals surface area contributed by atoms with Crippen molar-refractivity contribution in [3.05, 3.63) is 53.7 Å². The second-order valence-corrected chi connectivity index (χ2v) is 6.48. The van der Waals surface area contributed by atoms with Crippen molar-refractivity contribution >= 4 is 33.9 Å². The zero-order valence-electron chi connectivity index (χ0n) is 14.0. The van der Waals surface area contributed by atoms with Gasteiger partial charge in [0.05, 0.1) is 19.0 Å². The second kappa shape index (κ2) is 6.76. The SMILES string of the molecule is COc1cccc2c(N3CCN(c4cccc(Cl)c4)CC3)cnnc12. The van der Waals surface area contributed by atoms with Gasteiger partial charge in [-0.2, -0.15) is 5.10 Å². The first kappa shape index (κ1) is 16.0. The van der Waals surface area contributed by atoms with Gasteiger partial charge in [0.2, 0.25) is 0 Å². The molecule has 2 heterocycles. The average molecular weight is 355 g/mol. The Hall–Kier alpha value is -2.53. The van der Waals surface area contributed by atoms with Crippen LogP contribution in [0.2, 0.25) is 5.02 Å². The molecular formula is C19H19ClN4O. The molecule has 1 aliphatic heterocycles. The van der Waals surface area contributed by atoms with E-state index in [2.05, 4.69) is 32.1 Å². The van der Waals surface area contributed by atoms with Crippen molar-refractivity contribution in [2.45, 2.75) is 0 Å². The number of fused-ring (bicyclic) bond motifs is 1. The first-order valence-corrected chi connectivity index (χ1v) is 8.68. The zero-order valence-corrected chi connectivity index (χ0v) is 14.8. The summed E-state index contributed by atoms with van der Waals surface area (Å²) in [5, 5.41) is 10.3. The largest absolute Gasteiger partial charge is 0.494 e. The Labute approximate surface area is 151 Å². The molecule has 0 radical (unpaired) electrons. The summed E-state index contributed by atoms with van der Waals surface area (Å²) in [6.45, 7) is 3.72. The van der Waals surface area contributed by atoms with Crippen LogP contribution in [0.15, 0.2) is 48.7 Å². The van der Waals surface area contributed by atoms with E-state index in [4.69, 9.17) is 16.3 Å². The Morgan fingerprint density at radius 2 is 1.76 bits per heavy atom. The van der Waals surface area contributed by atoms with Gasteiger partial charge in [-0.1, -0.05) is 29.8 Å². The molecule has 128 valence electrons. The summed E-state index contributed by atoms with van der Waals surface area (Å²) in [6.07, 6.45) is 1.84. The first-order valence-electron chi connectivity index (χ1n) is 8.30. The molecule has 0 saturated carbocycles. The molecule has 0 amide bonds. The van der Waals surface area contributed by atoms with Crippen LogP contribution in [0.25, 0.3) is 10.9 Å². The minimum atomic E-state index is 0.754. The molecule has 3 aromatic rings. The van der Waals surface area contributed by atoms with Crippen LogP contribution in [-0.4, -0.2) is 43.5 Å². The predicted octanol–water partition coefficient (Wildman–Crippen LogP) is 3.62. The number of nitrogens with zero attached hydrogens (tertiary/aromatic N) is 4. The summed E-state index contributed by atoms with van der Waals surface area (Å²) in [4.78, 5) is 4.72. The first-order chi connectivity index (χ1) is 12.3. The van der Waals surface area contributed by atoms with Crippen molar-refractivity contribution in [1.82, 2.24) is 10.2 Å². The van der Waals surface area contributed by atoms with Gasteiger partial charge >= 0.3 is 0 Å². The Bertz CT molecular complexity index is 893. The normalized spacial score (nSPS) is 14.8. The van der Waals surface area contributed by atoms with E-state index >= 15 is 0 Å². The number of hydrogen-bond donors (Lipinski definition) is 0.